The lowest BCUT2D eigenvalue weighted by molar-refractivity contribution is 0.255. The average Bonchev–Trinajstić information content (AvgIpc) is 3.25. The van der Waals surface area contributed by atoms with Crippen molar-refractivity contribution < 1.29 is 4.74 Å². The van der Waals surface area contributed by atoms with Crippen LogP contribution in [0.5, 0.6) is 5.75 Å². The van der Waals surface area contributed by atoms with Crippen LogP contribution in [0.15, 0.2) is 42.9 Å². The van der Waals surface area contributed by atoms with Crippen molar-refractivity contribution in [2.45, 2.75) is 38.6 Å². The molecular formula is C25H30N6O. The summed E-state index contributed by atoms with van der Waals surface area (Å²) < 4.78 is 7.88. The number of ether oxygens (including phenoxy) is 1. The minimum absolute atomic E-state index is 0.296. The fraction of sp³-hybridized carbons (Fsp3) is 0.400. The Hall–Kier alpha value is -3.19. The van der Waals surface area contributed by atoms with Gasteiger partial charge in [0.05, 0.1) is 30.2 Å². The molecule has 166 valence electrons. The Morgan fingerprint density at radius 3 is 2.66 bits per heavy atom. The molecule has 0 saturated carbocycles. The molecule has 1 fully saturated rings. The largest absolute Gasteiger partial charge is 0.495 e. The Bertz CT molecular complexity index is 1260. The zero-order valence-corrected chi connectivity index (χ0v) is 19.2. The zero-order valence-electron chi connectivity index (χ0n) is 19.2. The Balaban J connectivity index is 1.48. The number of aromatic nitrogens is 4. The second kappa shape index (κ2) is 8.39. The van der Waals surface area contributed by atoms with Gasteiger partial charge in [0, 0.05) is 17.6 Å². The molecule has 32 heavy (non-hydrogen) atoms. The van der Waals surface area contributed by atoms with E-state index in [1.807, 2.05) is 24.7 Å². The fourth-order valence-electron chi connectivity index (χ4n) is 4.59. The molecule has 1 aliphatic rings. The van der Waals surface area contributed by atoms with Crippen LogP contribution in [0.1, 0.15) is 44.2 Å². The molecule has 0 aliphatic carbocycles. The first-order valence-corrected chi connectivity index (χ1v) is 11.3. The summed E-state index contributed by atoms with van der Waals surface area (Å²) in [5.41, 5.74) is 5.08. The Kier molecular flexibility index (Phi) is 5.43. The molecular weight excluding hydrogens is 400 g/mol. The van der Waals surface area contributed by atoms with Crippen LogP contribution < -0.4 is 10.1 Å². The van der Waals surface area contributed by atoms with Crippen LogP contribution in [0, 0.1) is 0 Å². The van der Waals surface area contributed by atoms with Gasteiger partial charge in [-0.3, -0.25) is 0 Å². The van der Waals surface area contributed by atoms with Crippen LogP contribution in [-0.4, -0.2) is 51.7 Å². The third-order valence-corrected chi connectivity index (χ3v) is 6.50. The molecule has 0 amide bonds. The van der Waals surface area contributed by atoms with Gasteiger partial charge in [-0.2, -0.15) is 0 Å². The van der Waals surface area contributed by atoms with Crippen molar-refractivity contribution >= 4 is 33.6 Å². The number of benzene rings is 2. The quantitative estimate of drug-likeness (QED) is 0.474. The minimum atomic E-state index is 0.296. The number of nitrogens with zero attached hydrogens (tertiary/aromatic N) is 5. The number of imidazole rings is 1. The van der Waals surface area contributed by atoms with Crippen molar-refractivity contribution in [2.75, 3.05) is 32.6 Å². The monoisotopic (exact) mass is 430 g/mol. The highest BCUT2D eigenvalue weighted by Crippen LogP contribution is 2.35. The van der Waals surface area contributed by atoms with Gasteiger partial charge in [0.15, 0.2) is 0 Å². The molecule has 3 heterocycles. The van der Waals surface area contributed by atoms with Crippen LogP contribution in [0.25, 0.3) is 21.9 Å². The van der Waals surface area contributed by atoms with Crippen molar-refractivity contribution in [3.8, 4) is 5.75 Å². The first kappa shape index (κ1) is 20.7. The molecule has 1 saturated heterocycles. The molecule has 0 atom stereocenters. The third-order valence-electron chi connectivity index (χ3n) is 6.50. The van der Waals surface area contributed by atoms with E-state index < -0.39 is 0 Å². The lowest BCUT2D eigenvalue weighted by atomic mass is 9.89. The molecule has 1 aliphatic heterocycles. The van der Waals surface area contributed by atoms with Crippen molar-refractivity contribution in [1.82, 2.24) is 24.4 Å². The van der Waals surface area contributed by atoms with E-state index in [1.54, 1.807) is 7.11 Å². The fourth-order valence-corrected chi connectivity index (χ4v) is 4.59. The summed E-state index contributed by atoms with van der Waals surface area (Å²) in [7, 11) is 3.90. The van der Waals surface area contributed by atoms with Crippen LogP contribution >= 0.6 is 0 Å². The maximum absolute atomic E-state index is 5.72. The predicted octanol–water partition coefficient (Wildman–Crippen LogP) is 5.12. The lowest BCUT2D eigenvalue weighted by Gasteiger charge is -2.29. The van der Waals surface area contributed by atoms with Crippen molar-refractivity contribution in [3.63, 3.8) is 0 Å². The Morgan fingerprint density at radius 2 is 1.91 bits per heavy atom. The number of fused-ring (bicyclic) bond motifs is 3. The number of rotatable bonds is 5. The topological polar surface area (TPSA) is 68.1 Å². The van der Waals surface area contributed by atoms with Crippen molar-refractivity contribution in [1.29, 1.82) is 0 Å². The first-order valence-electron chi connectivity index (χ1n) is 11.3. The molecule has 4 aromatic rings. The molecule has 0 bridgehead atoms. The summed E-state index contributed by atoms with van der Waals surface area (Å²) in [6, 6.07) is 10.8. The van der Waals surface area contributed by atoms with Crippen LogP contribution in [-0.2, 0) is 0 Å². The maximum atomic E-state index is 5.72. The molecule has 2 aromatic carbocycles. The van der Waals surface area contributed by atoms with Crippen LogP contribution in [0.4, 0.5) is 11.6 Å². The average molecular weight is 431 g/mol. The summed E-state index contributed by atoms with van der Waals surface area (Å²) in [6.07, 6.45) is 6.11. The van der Waals surface area contributed by atoms with Crippen molar-refractivity contribution in [3.05, 3.63) is 48.4 Å². The van der Waals surface area contributed by atoms with Crippen molar-refractivity contribution in [2.24, 2.45) is 0 Å². The molecule has 0 spiro atoms. The number of hydrogen-bond donors (Lipinski definition) is 1. The third kappa shape index (κ3) is 3.77. The van der Waals surface area contributed by atoms with E-state index in [4.69, 9.17) is 9.72 Å². The van der Waals surface area contributed by atoms with E-state index in [0.29, 0.717) is 17.9 Å². The van der Waals surface area contributed by atoms with Crippen LogP contribution in [0.3, 0.4) is 0 Å². The summed E-state index contributed by atoms with van der Waals surface area (Å²) in [5, 5.41) is 4.37. The van der Waals surface area contributed by atoms with E-state index in [0.717, 1.165) is 46.5 Å². The molecule has 7 nitrogen and oxygen atoms in total. The van der Waals surface area contributed by atoms with Crippen LogP contribution in [0.2, 0.25) is 0 Å². The Morgan fingerprint density at radius 1 is 1.09 bits per heavy atom. The molecule has 5 rings (SSSR count). The summed E-state index contributed by atoms with van der Waals surface area (Å²) in [5.74, 6) is 1.94. The van der Waals surface area contributed by atoms with E-state index in [-0.39, 0.29) is 0 Å². The minimum Gasteiger partial charge on any atom is -0.495 e. The molecule has 0 unspecified atom stereocenters. The number of anilines is 2. The highest BCUT2D eigenvalue weighted by atomic mass is 16.5. The second-order valence-corrected chi connectivity index (χ2v) is 8.97. The van der Waals surface area contributed by atoms with Gasteiger partial charge in [-0.15, -0.1) is 0 Å². The highest BCUT2D eigenvalue weighted by molar-refractivity contribution is 6.02. The van der Waals surface area contributed by atoms with Gasteiger partial charge in [-0.25, -0.2) is 15.0 Å². The first-order chi connectivity index (χ1) is 15.5. The predicted molar refractivity (Wildman–Crippen MR) is 129 cm³/mol. The van der Waals surface area contributed by atoms with Gasteiger partial charge < -0.3 is 19.5 Å². The van der Waals surface area contributed by atoms with Gasteiger partial charge in [0.25, 0.3) is 0 Å². The molecule has 7 heteroatoms. The zero-order chi connectivity index (χ0) is 22.2. The molecule has 2 aromatic heterocycles. The van der Waals surface area contributed by atoms with Gasteiger partial charge in [-0.05, 0) is 82.6 Å². The number of nitrogens with one attached hydrogen (secondary N) is 1. The number of piperidine rings is 1. The van der Waals surface area contributed by atoms with E-state index >= 15 is 0 Å². The summed E-state index contributed by atoms with van der Waals surface area (Å²) in [6.45, 7) is 6.58. The van der Waals surface area contributed by atoms with Gasteiger partial charge in [-0.1, -0.05) is 6.07 Å². The van der Waals surface area contributed by atoms with Gasteiger partial charge in [0.2, 0.25) is 5.95 Å². The molecule has 0 radical (unpaired) electrons. The SMILES string of the molecule is COc1cc(C2CCN(C)CC2)ccc1Nc1ncc2ccc3ncn(C(C)C)c3c2n1. The smallest absolute Gasteiger partial charge is 0.227 e. The Labute approximate surface area is 188 Å². The number of likely N-dealkylation sites (tertiary alicyclic amines) is 1. The van der Waals surface area contributed by atoms with Gasteiger partial charge >= 0.3 is 0 Å². The summed E-state index contributed by atoms with van der Waals surface area (Å²) in [4.78, 5) is 16.4. The number of hydrogen-bond acceptors (Lipinski definition) is 6. The lowest BCUT2D eigenvalue weighted by Crippen LogP contribution is -2.29. The standard InChI is InChI=1S/C25H30N6O/c1-16(2)31-15-27-21-8-6-19-14-26-25(29-23(19)24(21)31)28-20-7-5-18(13-22(20)32-4)17-9-11-30(3)12-10-17/h5-8,13-17H,9-12H2,1-4H3,(H,26,28,29). The normalized spacial score (nSPS) is 15.7. The van der Waals surface area contributed by atoms with E-state index in [9.17, 15) is 0 Å². The molecule has 1 N–H and O–H groups in total. The van der Waals surface area contributed by atoms with E-state index in [1.165, 1.54) is 18.4 Å². The second-order valence-electron chi connectivity index (χ2n) is 8.97. The maximum Gasteiger partial charge on any atom is 0.227 e. The summed E-state index contributed by atoms with van der Waals surface area (Å²) >= 11 is 0. The number of methoxy groups -OCH3 is 1. The van der Waals surface area contributed by atoms with Gasteiger partial charge in [0.1, 0.15) is 11.3 Å². The van der Waals surface area contributed by atoms with E-state index in [2.05, 4.69) is 63.8 Å². The highest BCUT2D eigenvalue weighted by Gasteiger charge is 2.20.